The van der Waals surface area contributed by atoms with E-state index >= 15 is 0 Å². The number of hydrogen-bond acceptors (Lipinski definition) is 6. The van der Waals surface area contributed by atoms with E-state index in [0.717, 1.165) is 30.5 Å². The summed E-state index contributed by atoms with van der Waals surface area (Å²) < 4.78 is 94.1. The van der Waals surface area contributed by atoms with Gasteiger partial charge in [-0.25, -0.2) is 18.4 Å². The summed E-state index contributed by atoms with van der Waals surface area (Å²) in [5.74, 6) is -4.26. The molecule has 1 aliphatic carbocycles. The van der Waals surface area contributed by atoms with Crippen LogP contribution in [0.25, 0.3) is 0 Å². The minimum absolute atomic E-state index is 0.0526. The van der Waals surface area contributed by atoms with E-state index in [4.69, 9.17) is 4.74 Å². The van der Waals surface area contributed by atoms with Gasteiger partial charge in [-0.2, -0.15) is 22.0 Å². The maximum atomic E-state index is 13.7. The Morgan fingerprint density at radius 1 is 1.24 bits per heavy atom. The van der Waals surface area contributed by atoms with Gasteiger partial charge in [-0.05, 0) is 36.6 Å². The maximum Gasteiger partial charge on any atom is 0.422 e. The van der Waals surface area contributed by atoms with E-state index in [1.54, 1.807) is 0 Å². The molecule has 34 heavy (non-hydrogen) atoms. The number of alkyl halides is 5. The van der Waals surface area contributed by atoms with Crippen molar-refractivity contribution < 1.29 is 39.9 Å². The Hall–Kier alpha value is -2.83. The summed E-state index contributed by atoms with van der Waals surface area (Å²) in [6.07, 6.45) is -1.97. The highest BCUT2D eigenvalue weighted by molar-refractivity contribution is 7.90. The summed E-state index contributed by atoms with van der Waals surface area (Å²) in [6, 6.07) is 4.16. The van der Waals surface area contributed by atoms with Crippen LogP contribution < -0.4 is 4.74 Å². The Kier molecular flexibility index (Phi) is 5.61. The van der Waals surface area contributed by atoms with Crippen molar-refractivity contribution in [2.75, 3.05) is 26.0 Å². The molecule has 1 saturated heterocycles. The molecule has 1 amide bonds. The molecule has 184 valence electrons. The van der Waals surface area contributed by atoms with Crippen LogP contribution in [-0.2, 0) is 21.2 Å². The third kappa shape index (κ3) is 4.70. The van der Waals surface area contributed by atoms with E-state index in [-0.39, 0.29) is 35.3 Å². The molecule has 0 bridgehead atoms. The van der Waals surface area contributed by atoms with Gasteiger partial charge in [0.05, 0.1) is 15.9 Å². The van der Waals surface area contributed by atoms with E-state index in [1.807, 2.05) is 0 Å². The van der Waals surface area contributed by atoms with Crippen molar-refractivity contribution in [1.29, 1.82) is 0 Å². The van der Waals surface area contributed by atoms with Gasteiger partial charge in [0.25, 0.3) is 11.8 Å². The van der Waals surface area contributed by atoms with Crippen molar-refractivity contribution in [3.8, 4) is 5.75 Å². The second-order valence-corrected chi connectivity index (χ2v) is 10.7. The second-order valence-electron chi connectivity index (χ2n) is 8.73. The number of carbonyl (C=O) groups excluding carboxylic acids is 1. The molecule has 2 unspecified atom stereocenters. The number of sulfone groups is 1. The summed E-state index contributed by atoms with van der Waals surface area (Å²) in [5.41, 5.74) is -1.53. The average Bonchev–Trinajstić information content (AvgIpc) is 3.31. The van der Waals surface area contributed by atoms with Crippen molar-refractivity contribution in [3.63, 3.8) is 0 Å². The molecule has 0 N–H and O–H groups in total. The van der Waals surface area contributed by atoms with Crippen LogP contribution in [0.4, 0.5) is 22.0 Å². The minimum Gasteiger partial charge on any atom is -0.483 e. The van der Waals surface area contributed by atoms with Crippen molar-refractivity contribution in [1.82, 2.24) is 14.9 Å². The number of carbonyl (C=O) groups is 1. The summed E-state index contributed by atoms with van der Waals surface area (Å²) >= 11 is 0. The number of likely N-dealkylation sites (tertiary alicyclic amines) is 1. The van der Waals surface area contributed by atoms with Gasteiger partial charge in [0, 0.05) is 32.5 Å². The lowest BCUT2D eigenvalue weighted by atomic mass is 10.0. The molecule has 1 saturated carbocycles. The zero-order valence-electron chi connectivity index (χ0n) is 18.1. The number of aromatic nitrogens is 2. The molecule has 2 fully saturated rings. The standard InChI is InChI=1S/C21H20F5N3O4S/c1-19(22,23)16-5-6-27-18(28-16)20-8-12(20)9-29(10-20)17(30)14-7-13(34(2,31)32)3-4-15(14)33-11-21(24,25)26/h3-7,12H,8-11H2,1-2H3. The number of rotatable bonds is 6. The summed E-state index contributed by atoms with van der Waals surface area (Å²) in [7, 11) is -3.76. The highest BCUT2D eigenvalue weighted by atomic mass is 32.2. The predicted octanol–water partition coefficient (Wildman–Crippen LogP) is 3.35. The monoisotopic (exact) mass is 505 g/mol. The quantitative estimate of drug-likeness (QED) is 0.560. The molecule has 7 nitrogen and oxygen atoms in total. The third-order valence-electron chi connectivity index (χ3n) is 5.98. The first-order chi connectivity index (χ1) is 15.6. The molecule has 1 aliphatic heterocycles. The summed E-state index contributed by atoms with van der Waals surface area (Å²) in [4.78, 5) is 22.4. The van der Waals surface area contributed by atoms with Crippen LogP contribution in [0.15, 0.2) is 35.4 Å². The van der Waals surface area contributed by atoms with E-state index in [0.29, 0.717) is 13.3 Å². The van der Waals surface area contributed by atoms with Crippen molar-refractivity contribution in [2.24, 2.45) is 5.92 Å². The molecule has 4 rings (SSSR count). The Balaban J connectivity index is 1.63. The molecule has 13 heteroatoms. The predicted molar refractivity (Wildman–Crippen MR) is 108 cm³/mol. The van der Waals surface area contributed by atoms with Crippen LogP contribution in [-0.4, -0.2) is 61.3 Å². The summed E-state index contributed by atoms with van der Waals surface area (Å²) in [5, 5.41) is 0. The zero-order valence-corrected chi connectivity index (χ0v) is 18.9. The third-order valence-corrected chi connectivity index (χ3v) is 7.09. The highest BCUT2D eigenvalue weighted by Crippen LogP contribution is 2.58. The number of fused-ring (bicyclic) bond motifs is 1. The SMILES string of the molecule is CC(F)(F)c1ccnc(C23CC2CN(C(=O)c2cc(S(C)(=O)=O)ccc2OCC(F)(F)F)C3)n1. The van der Waals surface area contributed by atoms with Gasteiger partial charge in [0.2, 0.25) is 0 Å². The van der Waals surface area contributed by atoms with Crippen LogP contribution in [0, 0.1) is 5.92 Å². The van der Waals surface area contributed by atoms with Gasteiger partial charge in [-0.3, -0.25) is 4.79 Å². The van der Waals surface area contributed by atoms with E-state index in [1.165, 1.54) is 11.1 Å². The molecule has 0 radical (unpaired) electrons. The molecule has 1 aromatic heterocycles. The number of amides is 1. The Morgan fingerprint density at radius 3 is 2.56 bits per heavy atom. The van der Waals surface area contributed by atoms with Crippen molar-refractivity contribution >= 4 is 15.7 Å². The van der Waals surface area contributed by atoms with Gasteiger partial charge in [-0.1, -0.05) is 0 Å². The fourth-order valence-electron chi connectivity index (χ4n) is 4.19. The van der Waals surface area contributed by atoms with Crippen molar-refractivity contribution in [2.45, 2.75) is 35.8 Å². The lowest BCUT2D eigenvalue weighted by Gasteiger charge is -2.23. The Bertz CT molecular complexity index is 1250. The van der Waals surface area contributed by atoms with Gasteiger partial charge >= 0.3 is 6.18 Å². The molecule has 2 aromatic rings. The number of nitrogens with zero attached hydrogens (tertiary/aromatic N) is 3. The molecule has 1 aromatic carbocycles. The largest absolute Gasteiger partial charge is 0.483 e. The molecule has 2 aliphatic rings. The topological polar surface area (TPSA) is 89.5 Å². The maximum absolute atomic E-state index is 13.7. The zero-order chi connectivity index (χ0) is 25.1. The van der Waals surface area contributed by atoms with E-state index in [9.17, 15) is 35.2 Å². The Morgan fingerprint density at radius 2 is 1.94 bits per heavy atom. The number of benzene rings is 1. The number of piperidine rings is 1. The minimum atomic E-state index is -4.67. The number of hydrogen-bond donors (Lipinski definition) is 0. The van der Waals surface area contributed by atoms with Crippen molar-refractivity contribution in [3.05, 3.63) is 47.5 Å². The van der Waals surface area contributed by atoms with Gasteiger partial charge in [0.1, 0.15) is 17.3 Å². The summed E-state index contributed by atoms with van der Waals surface area (Å²) in [6.45, 7) is -0.708. The van der Waals surface area contributed by atoms with Crippen LogP contribution in [0.5, 0.6) is 5.75 Å². The smallest absolute Gasteiger partial charge is 0.422 e. The Labute approximate surface area is 191 Å². The molecular formula is C21H20F5N3O4S. The average molecular weight is 505 g/mol. The van der Waals surface area contributed by atoms with E-state index < -0.39 is 51.3 Å². The molecule has 2 atom stereocenters. The normalized spacial score (nSPS) is 22.4. The lowest BCUT2D eigenvalue weighted by molar-refractivity contribution is -0.153. The van der Waals surface area contributed by atoms with Crippen LogP contribution >= 0.6 is 0 Å². The number of ether oxygens (including phenoxy) is 1. The molecule has 0 spiro atoms. The fourth-order valence-corrected chi connectivity index (χ4v) is 4.84. The van der Waals surface area contributed by atoms with Crippen LogP contribution in [0.2, 0.25) is 0 Å². The molecular weight excluding hydrogens is 485 g/mol. The van der Waals surface area contributed by atoms with Crippen LogP contribution in [0.3, 0.4) is 0 Å². The molecule has 2 heterocycles. The van der Waals surface area contributed by atoms with Crippen LogP contribution in [0.1, 0.15) is 35.2 Å². The first kappa shape index (κ1) is 24.3. The van der Waals surface area contributed by atoms with Gasteiger partial charge < -0.3 is 9.64 Å². The van der Waals surface area contributed by atoms with Gasteiger partial charge in [0.15, 0.2) is 16.4 Å². The first-order valence-corrected chi connectivity index (χ1v) is 12.0. The number of halogens is 5. The highest BCUT2D eigenvalue weighted by Gasteiger charge is 2.64. The lowest BCUT2D eigenvalue weighted by Crippen LogP contribution is -2.34. The van der Waals surface area contributed by atoms with Gasteiger partial charge in [-0.15, -0.1) is 0 Å². The first-order valence-electron chi connectivity index (χ1n) is 10.1. The fraction of sp³-hybridized carbons (Fsp3) is 0.476. The van der Waals surface area contributed by atoms with E-state index in [2.05, 4.69) is 9.97 Å². The second kappa shape index (κ2) is 7.85.